The zero-order valence-electron chi connectivity index (χ0n) is 8.07. The second kappa shape index (κ2) is 4.61. The summed E-state index contributed by atoms with van der Waals surface area (Å²) in [7, 11) is 0. The van der Waals surface area contributed by atoms with Crippen LogP contribution < -0.4 is 0 Å². The molecule has 0 fully saturated rings. The van der Waals surface area contributed by atoms with Crippen molar-refractivity contribution in [2.75, 3.05) is 0 Å². The van der Waals surface area contributed by atoms with Crippen LogP contribution in [0.3, 0.4) is 0 Å². The molecule has 0 spiro atoms. The van der Waals surface area contributed by atoms with Crippen molar-refractivity contribution < 1.29 is 0 Å². The predicted octanol–water partition coefficient (Wildman–Crippen LogP) is 2.42. The van der Waals surface area contributed by atoms with Crippen LogP contribution in [0.4, 0.5) is 0 Å². The Morgan fingerprint density at radius 2 is 2.31 bits per heavy atom. The molecule has 1 unspecified atom stereocenters. The summed E-state index contributed by atoms with van der Waals surface area (Å²) >= 11 is 0. The smallest absolute Gasteiger partial charge is 0.0661 e. The van der Waals surface area contributed by atoms with E-state index in [4.69, 9.17) is 5.26 Å². The summed E-state index contributed by atoms with van der Waals surface area (Å²) in [6.07, 6.45) is 4.38. The SMILES string of the molecule is CC(C)C(C#N)Cc1cccnc1. The number of hydrogen-bond donors (Lipinski definition) is 0. The largest absolute Gasteiger partial charge is 0.264 e. The Morgan fingerprint density at radius 1 is 1.54 bits per heavy atom. The molecule has 1 heterocycles. The highest BCUT2D eigenvalue weighted by atomic mass is 14.6. The number of nitriles is 1. The maximum atomic E-state index is 8.89. The van der Waals surface area contributed by atoms with E-state index >= 15 is 0 Å². The molecule has 0 radical (unpaired) electrons. The minimum atomic E-state index is 0.101. The number of aromatic nitrogens is 1. The fourth-order valence-electron chi connectivity index (χ4n) is 1.20. The first-order valence-electron chi connectivity index (χ1n) is 4.52. The molecular formula is C11H14N2. The standard InChI is InChI=1S/C11H14N2/c1-9(2)11(7-12)6-10-4-3-5-13-8-10/h3-5,8-9,11H,6H2,1-2H3. The average Bonchev–Trinajstić information content (AvgIpc) is 2.15. The average molecular weight is 174 g/mol. The van der Waals surface area contributed by atoms with Crippen LogP contribution in [-0.4, -0.2) is 4.98 Å². The van der Waals surface area contributed by atoms with Gasteiger partial charge in [0.1, 0.15) is 0 Å². The van der Waals surface area contributed by atoms with E-state index in [2.05, 4.69) is 24.9 Å². The van der Waals surface area contributed by atoms with E-state index in [0.717, 1.165) is 12.0 Å². The lowest BCUT2D eigenvalue weighted by Gasteiger charge is -2.11. The summed E-state index contributed by atoms with van der Waals surface area (Å²) in [4.78, 5) is 4.02. The zero-order valence-corrected chi connectivity index (χ0v) is 8.07. The summed E-state index contributed by atoms with van der Waals surface area (Å²) in [5, 5.41) is 8.89. The van der Waals surface area contributed by atoms with Gasteiger partial charge in [-0.05, 0) is 24.0 Å². The normalized spacial score (nSPS) is 12.5. The summed E-state index contributed by atoms with van der Waals surface area (Å²) in [6.45, 7) is 4.15. The lowest BCUT2D eigenvalue weighted by molar-refractivity contribution is 0.473. The third kappa shape index (κ3) is 2.87. The fourth-order valence-corrected chi connectivity index (χ4v) is 1.20. The van der Waals surface area contributed by atoms with E-state index < -0.39 is 0 Å². The van der Waals surface area contributed by atoms with E-state index in [1.165, 1.54) is 0 Å². The second-order valence-corrected chi connectivity index (χ2v) is 3.55. The Balaban J connectivity index is 2.64. The van der Waals surface area contributed by atoms with Crippen molar-refractivity contribution in [3.8, 4) is 6.07 Å². The van der Waals surface area contributed by atoms with E-state index in [9.17, 15) is 0 Å². The molecule has 1 atom stereocenters. The molecule has 13 heavy (non-hydrogen) atoms. The van der Waals surface area contributed by atoms with E-state index in [1.807, 2.05) is 18.3 Å². The number of hydrogen-bond acceptors (Lipinski definition) is 2. The molecule has 0 saturated carbocycles. The van der Waals surface area contributed by atoms with E-state index in [1.54, 1.807) is 6.20 Å². The molecule has 0 saturated heterocycles. The molecule has 0 aliphatic rings. The minimum absolute atomic E-state index is 0.101. The van der Waals surface area contributed by atoms with Gasteiger partial charge in [0.15, 0.2) is 0 Å². The molecule has 0 aliphatic heterocycles. The van der Waals surface area contributed by atoms with Crippen molar-refractivity contribution >= 4 is 0 Å². The van der Waals surface area contributed by atoms with Crippen molar-refractivity contribution in [1.82, 2.24) is 4.98 Å². The van der Waals surface area contributed by atoms with Gasteiger partial charge in [-0.1, -0.05) is 19.9 Å². The topological polar surface area (TPSA) is 36.7 Å². The molecule has 1 rings (SSSR count). The molecule has 0 bridgehead atoms. The first-order chi connectivity index (χ1) is 6.24. The van der Waals surface area contributed by atoms with Crippen LogP contribution in [0, 0.1) is 23.2 Å². The van der Waals surface area contributed by atoms with Crippen LogP contribution >= 0.6 is 0 Å². The quantitative estimate of drug-likeness (QED) is 0.705. The van der Waals surface area contributed by atoms with Crippen molar-refractivity contribution in [3.05, 3.63) is 30.1 Å². The Labute approximate surface area is 79.2 Å². The van der Waals surface area contributed by atoms with Gasteiger partial charge in [-0.2, -0.15) is 5.26 Å². The summed E-state index contributed by atoms with van der Waals surface area (Å²) in [5.74, 6) is 0.509. The molecular weight excluding hydrogens is 160 g/mol. The molecule has 1 aromatic heterocycles. The molecule has 2 nitrogen and oxygen atoms in total. The molecule has 0 aromatic carbocycles. The summed E-state index contributed by atoms with van der Waals surface area (Å²) < 4.78 is 0. The Hall–Kier alpha value is -1.36. The Bertz CT molecular complexity index is 285. The maximum absolute atomic E-state index is 8.89. The highest BCUT2D eigenvalue weighted by Crippen LogP contribution is 2.15. The first-order valence-corrected chi connectivity index (χ1v) is 4.52. The van der Waals surface area contributed by atoms with Gasteiger partial charge in [0, 0.05) is 12.4 Å². The van der Waals surface area contributed by atoms with Crippen LogP contribution in [0.5, 0.6) is 0 Å². The van der Waals surface area contributed by atoms with Gasteiger partial charge in [0.05, 0.1) is 12.0 Å². The zero-order chi connectivity index (χ0) is 9.68. The summed E-state index contributed by atoms with van der Waals surface area (Å²) in [6, 6.07) is 6.24. The monoisotopic (exact) mass is 174 g/mol. The Kier molecular flexibility index (Phi) is 3.45. The number of pyridine rings is 1. The van der Waals surface area contributed by atoms with Gasteiger partial charge in [0.25, 0.3) is 0 Å². The van der Waals surface area contributed by atoms with Crippen LogP contribution in [0.25, 0.3) is 0 Å². The number of rotatable bonds is 3. The van der Waals surface area contributed by atoms with Gasteiger partial charge < -0.3 is 0 Å². The molecule has 0 amide bonds. The summed E-state index contributed by atoms with van der Waals surface area (Å²) in [5.41, 5.74) is 1.14. The van der Waals surface area contributed by atoms with Crippen LogP contribution in [0.1, 0.15) is 19.4 Å². The highest BCUT2D eigenvalue weighted by Gasteiger charge is 2.12. The van der Waals surface area contributed by atoms with Gasteiger partial charge in [0.2, 0.25) is 0 Å². The third-order valence-corrected chi connectivity index (χ3v) is 2.15. The van der Waals surface area contributed by atoms with Crippen molar-refractivity contribution in [3.63, 3.8) is 0 Å². The first kappa shape index (κ1) is 9.73. The lowest BCUT2D eigenvalue weighted by atomic mass is 9.91. The molecule has 68 valence electrons. The lowest BCUT2D eigenvalue weighted by Crippen LogP contribution is -2.09. The number of nitrogens with zero attached hydrogens (tertiary/aromatic N) is 2. The van der Waals surface area contributed by atoms with Gasteiger partial charge in [-0.3, -0.25) is 4.98 Å². The maximum Gasteiger partial charge on any atom is 0.0661 e. The van der Waals surface area contributed by atoms with E-state index in [0.29, 0.717) is 5.92 Å². The predicted molar refractivity (Wildman–Crippen MR) is 51.9 cm³/mol. The van der Waals surface area contributed by atoms with Crippen molar-refractivity contribution in [2.45, 2.75) is 20.3 Å². The second-order valence-electron chi connectivity index (χ2n) is 3.55. The van der Waals surface area contributed by atoms with Crippen LogP contribution in [0.15, 0.2) is 24.5 Å². The molecule has 0 N–H and O–H groups in total. The molecule has 1 aromatic rings. The van der Waals surface area contributed by atoms with Gasteiger partial charge >= 0.3 is 0 Å². The van der Waals surface area contributed by atoms with Gasteiger partial charge in [-0.15, -0.1) is 0 Å². The van der Waals surface area contributed by atoms with Crippen molar-refractivity contribution in [2.24, 2.45) is 11.8 Å². The highest BCUT2D eigenvalue weighted by molar-refractivity contribution is 5.11. The fraction of sp³-hybridized carbons (Fsp3) is 0.455. The minimum Gasteiger partial charge on any atom is -0.264 e. The van der Waals surface area contributed by atoms with Crippen LogP contribution in [0.2, 0.25) is 0 Å². The van der Waals surface area contributed by atoms with Gasteiger partial charge in [-0.25, -0.2) is 0 Å². The third-order valence-electron chi connectivity index (χ3n) is 2.15. The van der Waals surface area contributed by atoms with Crippen molar-refractivity contribution in [1.29, 1.82) is 5.26 Å². The Morgan fingerprint density at radius 3 is 2.77 bits per heavy atom. The molecule has 2 heteroatoms. The van der Waals surface area contributed by atoms with Crippen LogP contribution in [-0.2, 0) is 6.42 Å². The molecule has 0 aliphatic carbocycles. The van der Waals surface area contributed by atoms with E-state index in [-0.39, 0.29) is 5.92 Å².